The Morgan fingerprint density at radius 2 is 2.19 bits per heavy atom. The van der Waals surface area contributed by atoms with Gasteiger partial charge in [-0.15, -0.1) is 0 Å². The lowest BCUT2D eigenvalue weighted by Gasteiger charge is -2.34. The Kier molecular flexibility index (Phi) is 4.29. The maximum absolute atomic E-state index is 12.7. The highest BCUT2D eigenvalue weighted by atomic mass is 16.5. The maximum atomic E-state index is 12.7. The van der Waals surface area contributed by atoms with Crippen molar-refractivity contribution < 1.29 is 14.6 Å². The van der Waals surface area contributed by atoms with E-state index < -0.39 is 6.10 Å². The van der Waals surface area contributed by atoms with Crippen molar-refractivity contribution in [2.75, 3.05) is 25.0 Å². The lowest BCUT2D eigenvalue weighted by Crippen LogP contribution is -2.51. The van der Waals surface area contributed by atoms with Crippen LogP contribution in [0.4, 0.5) is 5.69 Å². The fourth-order valence-electron chi connectivity index (χ4n) is 3.09. The van der Waals surface area contributed by atoms with Crippen LogP contribution in [0.3, 0.4) is 0 Å². The zero-order chi connectivity index (χ0) is 14.7. The van der Waals surface area contributed by atoms with Crippen LogP contribution in [0.25, 0.3) is 0 Å². The molecule has 5 heteroatoms. The van der Waals surface area contributed by atoms with Crippen LogP contribution in [0.5, 0.6) is 5.75 Å². The van der Waals surface area contributed by atoms with Gasteiger partial charge in [0, 0.05) is 6.54 Å². The second-order valence-corrected chi connectivity index (χ2v) is 5.70. The number of para-hydroxylation sites is 2. The van der Waals surface area contributed by atoms with E-state index in [1.165, 1.54) is 0 Å². The summed E-state index contributed by atoms with van der Waals surface area (Å²) < 4.78 is 5.85. The van der Waals surface area contributed by atoms with Gasteiger partial charge in [-0.1, -0.05) is 25.0 Å². The van der Waals surface area contributed by atoms with E-state index in [9.17, 15) is 9.90 Å². The molecule has 0 aliphatic carbocycles. The van der Waals surface area contributed by atoms with E-state index in [-0.39, 0.29) is 18.6 Å². The van der Waals surface area contributed by atoms with Crippen molar-refractivity contribution in [1.82, 2.24) is 4.90 Å². The number of fused-ring (bicyclic) bond motifs is 1. The van der Waals surface area contributed by atoms with Crippen molar-refractivity contribution in [3.8, 4) is 5.75 Å². The molecule has 2 N–H and O–H groups in total. The quantitative estimate of drug-likeness (QED) is 0.869. The molecule has 0 spiro atoms. The number of amides is 1. The number of hydrogen-bond donors (Lipinski definition) is 2. The number of anilines is 1. The lowest BCUT2D eigenvalue weighted by molar-refractivity contribution is -0.141. The molecule has 0 bridgehead atoms. The molecule has 1 fully saturated rings. The smallest absolute Gasteiger partial charge is 0.265 e. The molecule has 21 heavy (non-hydrogen) atoms. The third kappa shape index (κ3) is 2.97. The molecule has 1 saturated heterocycles. The number of carbonyl (C=O) groups is 1. The molecule has 2 heterocycles. The summed E-state index contributed by atoms with van der Waals surface area (Å²) in [6.07, 6.45) is 3.55. The largest absolute Gasteiger partial charge is 0.477 e. The second kappa shape index (κ2) is 6.35. The van der Waals surface area contributed by atoms with Crippen LogP contribution in [0.1, 0.15) is 25.7 Å². The van der Waals surface area contributed by atoms with Gasteiger partial charge in [-0.3, -0.25) is 4.79 Å². The van der Waals surface area contributed by atoms with Crippen LogP contribution in [-0.4, -0.2) is 47.8 Å². The average molecular weight is 290 g/mol. The van der Waals surface area contributed by atoms with Gasteiger partial charge in [0.05, 0.1) is 24.9 Å². The first kappa shape index (κ1) is 14.2. The van der Waals surface area contributed by atoms with Crippen molar-refractivity contribution in [2.45, 2.75) is 37.8 Å². The number of hydrogen-bond acceptors (Lipinski definition) is 4. The summed E-state index contributed by atoms with van der Waals surface area (Å²) in [5, 5.41) is 12.8. The molecular weight excluding hydrogens is 268 g/mol. The number of ether oxygens (including phenoxy) is 1. The number of benzene rings is 1. The molecule has 2 aliphatic rings. The number of rotatable bonds is 2. The van der Waals surface area contributed by atoms with Gasteiger partial charge >= 0.3 is 0 Å². The number of nitrogens with one attached hydrogen (secondary N) is 1. The van der Waals surface area contributed by atoms with Gasteiger partial charge in [0.2, 0.25) is 0 Å². The summed E-state index contributed by atoms with van der Waals surface area (Å²) in [7, 11) is 0. The van der Waals surface area contributed by atoms with Crippen molar-refractivity contribution in [1.29, 1.82) is 0 Å². The van der Waals surface area contributed by atoms with E-state index in [4.69, 9.17) is 4.74 Å². The topological polar surface area (TPSA) is 61.8 Å². The number of likely N-dealkylation sites (tertiary alicyclic amines) is 1. The number of aliphatic hydroxyl groups excluding tert-OH is 1. The third-order valence-electron chi connectivity index (χ3n) is 4.28. The van der Waals surface area contributed by atoms with Crippen LogP contribution < -0.4 is 10.1 Å². The Morgan fingerprint density at radius 3 is 3.05 bits per heavy atom. The van der Waals surface area contributed by atoms with Gasteiger partial charge in [-0.05, 0) is 25.0 Å². The summed E-state index contributed by atoms with van der Waals surface area (Å²) in [5.74, 6) is 0.704. The molecule has 2 unspecified atom stereocenters. The molecule has 114 valence electrons. The zero-order valence-electron chi connectivity index (χ0n) is 12.1. The molecule has 2 atom stereocenters. The molecule has 2 aliphatic heterocycles. The molecule has 1 aromatic rings. The Labute approximate surface area is 124 Å². The number of aliphatic hydroxyl groups is 1. The molecule has 3 rings (SSSR count). The SMILES string of the molecule is O=C(C1CNc2ccccc2O1)N1CCCCCC1CO. The van der Waals surface area contributed by atoms with Crippen molar-refractivity contribution in [2.24, 2.45) is 0 Å². The Balaban J connectivity index is 1.73. The highest BCUT2D eigenvalue weighted by molar-refractivity contribution is 5.83. The van der Waals surface area contributed by atoms with Crippen LogP contribution in [-0.2, 0) is 4.79 Å². The molecular formula is C16H22N2O3. The zero-order valence-corrected chi connectivity index (χ0v) is 12.1. The predicted molar refractivity (Wildman–Crippen MR) is 80.4 cm³/mol. The average Bonchev–Trinajstić information content (AvgIpc) is 2.79. The first-order valence-corrected chi connectivity index (χ1v) is 7.70. The molecule has 0 saturated carbocycles. The first-order chi connectivity index (χ1) is 10.3. The highest BCUT2D eigenvalue weighted by Gasteiger charge is 2.33. The second-order valence-electron chi connectivity index (χ2n) is 5.70. The van der Waals surface area contributed by atoms with E-state index in [1.807, 2.05) is 29.2 Å². The molecule has 0 radical (unpaired) electrons. The van der Waals surface area contributed by atoms with E-state index in [0.29, 0.717) is 13.1 Å². The first-order valence-electron chi connectivity index (χ1n) is 7.70. The molecule has 1 amide bonds. The summed E-state index contributed by atoms with van der Waals surface area (Å²) >= 11 is 0. The standard InChI is InChI=1S/C16H22N2O3/c19-11-12-6-2-1-5-9-18(12)16(20)15-10-17-13-7-3-4-8-14(13)21-15/h3-4,7-8,12,15,17,19H,1-2,5-6,9-11H2. The maximum Gasteiger partial charge on any atom is 0.265 e. The van der Waals surface area contributed by atoms with E-state index >= 15 is 0 Å². The Morgan fingerprint density at radius 1 is 1.33 bits per heavy atom. The summed E-state index contributed by atoms with van der Waals surface area (Å²) in [6.45, 7) is 1.22. The van der Waals surface area contributed by atoms with Crippen LogP contribution >= 0.6 is 0 Å². The van der Waals surface area contributed by atoms with Crippen molar-refractivity contribution >= 4 is 11.6 Å². The van der Waals surface area contributed by atoms with Crippen LogP contribution in [0, 0.1) is 0 Å². The fraction of sp³-hybridized carbons (Fsp3) is 0.562. The van der Waals surface area contributed by atoms with Gasteiger partial charge in [-0.2, -0.15) is 0 Å². The highest BCUT2D eigenvalue weighted by Crippen LogP contribution is 2.29. The van der Waals surface area contributed by atoms with E-state index in [1.54, 1.807) is 0 Å². The summed E-state index contributed by atoms with van der Waals surface area (Å²) in [4.78, 5) is 14.5. The minimum absolute atomic E-state index is 0.0158. The van der Waals surface area contributed by atoms with Crippen LogP contribution in [0.15, 0.2) is 24.3 Å². The lowest BCUT2D eigenvalue weighted by atomic mass is 10.1. The van der Waals surface area contributed by atoms with Gasteiger partial charge in [0.1, 0.15) is 5.75 Å². The van der Waals surface area contributed by atoms with E-state index in [2.05, 4.69) is 5.32 Å². The summed E-state index contributed by atoms with van der Waals surface area (Å²) in [5.41, 5.74) is 0.927. The molecule has 0 aromatic heterocycles. The van der Waals surface area contributed by atoms with Gasteiger partial charge < -0.3 is 20.1 Å². The Hall–Kier alpha value is -1.75. The predicted octanol–water partition coefficient (Wildman–Crippen LogP) is 1.62. The number of carbonyl (C=O) groups excluding carboxylic acids is 1. The normalized spacial score (nSPS) is 25.3. The monoisotopic (exact) mass is 290 g/mol. The third-order valence-corrected chi connectivity index (χ3v) is 4.28. The van der Waals surface area contributed by atoms with Crippen LogP contribution in [0.2, 0.25) is 0 Å². The van der Waals surface area contributed by atoms with Crippen molar-refractivity contribution in [3.05, 3.63) is 24.3 Å². The van der Waals surface area contributed by atoms with Gasteiger partial charge in [0.25, 0.3) is 5.91 Å². The van der Waals surface area contributed by atoms with Gasteiger partial charge in [-0.25, -0.2) is 0 Å². The minimum Gasteiger partial charge on any atom is -0.477 e. The molecule has 5 nitrogen and oxygen atoms in total. The van der Waals surface area contributed by atoms with Crippen molar-refractivity contribution in [3.63, 3.8) is 0 Å². The summed E-state index contributed by atoms with van der Waals surface area (Å²) in [6, 6.07) is 7.58. The Bertz CT molecular complexity index is 506. The fourth-order valence-corrected chi connectivity index (χ4v) is 3.09. The van der Waals surface area contributed by atoms with Gasteiger partial charge in [0.15, 0.2) is 6.10 Å². The molecule has 1 aromatic carbocycles. The minimum atomic E-state index is -0.507. The van der Waals surface area contributed by atoms with E-state index in [0.717, 1.165) is 37.1 Å². The number of nitrogens with zero attached hydrogens (tertiary/aromatic N) is 1.